The summed E-state index contributed by atoms with van der Waals surface area (Å²) in [5, 5.41) is 3.40. The van der Waals surface area contributed by atoms with E-state index in [1.807, 2.05) is 6.07 Å². The Labute approximate surface area is 127 Å². The molecule has 1 saturated heterocycles. The molecule has 1 aliphatic heterocycles. The highest BCUT2D eigenvalue weighted by Crippen LogP contribution is 2.14. The molecule has 0 atom stereocenters. The molecule has 116 valence electrons. The number of rotatable bonds is 7. The lowest BCUT2D eigenvalue weighted by Crippen LogP contribution is -2.44. The maximum Gasteiger partial charge on any atom is 0.306 e. The maximum absolute atomic E-state index is 11.4. The summed E-state index contributed by atoms with van der Waals surface area (Å²) in [6, 6.07) is 11.1. The second-order valence-electron chi connectivity index (χ2n) is 5.58. The van der Waals surface area contributed by atoms with Gasteiger partial charge in [0.15, 0.2) is 0 Å². The van der Waals surface area contributed by atoms with Crippen molar-refractivity contribution in [2.24, 2.45) is 0 Å². The van der Waals surface area contributed by atoms with Gasteiger partial charge in [-0.25, -0.2) is 0 Å². The van der Waals surface area contributed by atoms with E-state index in [0.29, 0.717) is 12.5 Å². The highest BCUT2D eigenvalue weighted by molar-refractivity contribution is 5.69. The van der Waals surface area contributed by atoms with Gasteiger partial charge >= 0.3 is 5.97 Å². The van der Waals surface area contributed by atoms with E-state index in [2.05, 4.69) is 34.5 Å². The van der Waals surface area contributed by atoms with Crippen LogP contribution >= 0.6 is 0 Å². The number of carbonyl (C=O) groups excluding carboxylic acids is 1. The second-order valence-corrected chi connectivity index (χ2v) is 5.58. The minimum Gasteiger partial charge on any atom is -0.469 e. The number of esters is 1. The Morgan fingerprint density at radius 1 is 1.24 bits per heavy atom. The number of methoxy groups -OCH3 is 1. The predicted octanol–water partition coefficient (Wildman–Crippen LogP) is 1.85. The first-order valence-electron chi connectivity index (χ1n) is 7.85. The van der Waals surface area contributed by atoms with Crippen LogP contribution in [0.25, 0.3) is 0 Å². The summed E-state index contributed by atoms with van der Waals surface area (Å²) in [7, 11) is 1.46. The van der Waals surface area contributed by atoms with Gasteiger partial charge in [0.25, 0.3) is 0 Å². The van der Waals surface area contributed by atoms with Gasteiger partial charge in [-0.05, 0) is 37.9 Å². The summed E-state index contributed by atoms with van der Waals surface area (Å²) in [5.41, 5.74) is 1.36. The number of hydrogen-bond acceptors (Lipinski definition) is 4. The van der Waals surface area contributed by atoms with E-state index in [1.165, 1.54) is 12.7 Å². The molecule has 0 aliphatic carbocycles. The van der Waals surface area contributed by atoms with E-state index in [9.17, 15) is 4.79 Å². The third-order valence-corrected chi connectivity index (χ3v) is 4.19. The van der Waals surface area contributed by atoms with Crippen LogP contribution in [0.1, 0.15) is 24.8 Å². The molecule has 1 aromatic rings. The van der Waals surface area contributed by atoms with Gasteiger partial charge in [-0.3, -0.25) is 9.69 Å². The van der Waals surface area contributed by atoms with Crippen LogP contribution in [0.15, 0.2) is 30.3 Å². The van der Waals surface area contributed by atoms with Gasteiger partial charge in [-0.1, -0.05) is 30.3 Å². The van der Waals surface area contributed by atoms with Crippen molar-refractivity contribution in [1.29, 1.82) is 0 Å². The molecule has 0 unspecified atom stereocenters. The summed E-state index contributed by atoms with van der Waals surface area (Å²) >= 11 is 0. The number of benzene rings is 1. The molecule has 0 amide bonds. The van der Waals surface area contributed by atoms with Crippen molar-refractivity contribution in [1.82, 2.24) is 10.2 Å². The quantitative estimate of drug-likeness (QED) is 0.778. The number of nitrogens with zero attached hydrogens (tertiary/aromatic N) is 1. The van der Waals surface area contributed by atoms with Crippen molar-refractivity contribution in [3.8, 4) is 0 Å². The van der Waals surface area contributed by atoms with Gasteiger partial charge in [0, 0.05) is 19.1 Å². The van der Waals surface area contributed by atoms with Gasteiger partial charge in [-0.15, -0.1) is 0 Å². The van der Waals surface area contributed by atoms with Gasteiger partial charge in [0.1, 0.15) is 0 Å². The fourth-order valence-electron chi connectivity index (χ4n) is 2.90. The molecule has 0 aromatic heterocycles. The van der Waals surface area contributed by atoms with E-state index >= 15 is 0 Å². The van der Waals surface area contributed by atoms with Crippen LogP contribution < -0.4 is 5.32 Å². The third-order valence-electron chi connectivity index (χ3n) is 4.19. The Kier molecular flexibility index (Phi) is 6.70. The van der Waals surface area contributed by atoms with Gasteiger partial charge in [-0.2, -0.15) is 0 Å². The number of nitrogens with one attached hydrogen (secondary N) is 1. The SMILES string of the molecule is COC(=O)CCN(CCc1ccccc1)C1CCNCC1. The van der Waals surface area contributed by atoms with Crippen LogP contribution in [0, 0.1) is 0 Å². The zero-order chi connectivity index (χ0) is 14.9. The molecule has 4 nitrogen and oxygen atoms in total. The fourth-order valence-corrected chi connectivity index (χ4v) is 2.90. The van der Waals surface area contributed by atoms with Crippen molar-refractivity contribution in [3.63, 3.8) is 0 Å². The van der Waals surface area contributed by atoms with E-state index in [-0.39, 0.29) is 5.97 Å². The summed E-state index contributed by atoms with van der Waals surface area (Å²) in [6.45, 7) is 3.95. The zero-order valence-corrected chi connectivity index (χ0v) is 12.9. The minimum absolute atomic E-state index is 0.117. The Morgan fingerprint density at radius 3 is 2.62 bits per heavy atom. The Bertz CT molecular complexity index is 416. The van der Waals surface area contributed by atoms with E-state index in [1.54, 1.807) is 0 Å². The van der Waals surface area contributed by atoms with Crippen molar-refractivity contribution in [2.75, 3.05) is 33.3 Å². The van der Waals surface area contributed by atoms with Crippen molar-refractivity contribution in [3.05, 3.63) is 35.9 Å². The molecule has 1 N–H and O–H groups in total. The monoisotopic (exact) mass is 290 g/mol. The summed E-state index contributed by atoms with van der Waals surface area (Å²) in [5.74, 6) is -0.117. The first kappa shape index (κ1) is 16.0. The molecule has 0 saturated carbocycles. The first-order valence-corrected chi connectivity index (χ1v) is 7.85. The van der Waals surface area contributed by atoms with Crippen LogP contribution in [-0.2, 0) is 16.0 Å². The molecule has 1 fully saturated rings. The molecule has 1 aromatic carbocycles. The number of piperidine rings is 1. The van der Waals surface area contributed by atoms with Gasteiger partial charge < -0.3 is 10.1 Å². The maximum atomic E-state index is 11.4. The minimum atomic E-state index is -0.117. The molecular formula is C17H26N2O2. The normalized spacial score (nSPS) is 16.1. The fraction of sp³-hybridized carbons (Fsp3) is 0.588. The van der Waals surface area contributed by atoms with Crippen LogP contribution in [0.3, 0.4) is 0 Å². The number of ether oxygens (including phenoxy) is 1. The molecule has 0 radical (unpaired) electrons. The molecule has 0 bridgehead atoms. The van der Waals surface area contributed by atoms with Crippen LogP contribution in [0.2, 0.25) is 0 Å². The van der Waals surface area contributed by atoms with E-state index in [4.69, 9.17) is 4.74 Å². The molecule has 4 heteroatoms. The largest absolute Gasteiger partial charge is 0.469 e. The lowest BCUT2D eigenvalue weighted by Gasteiger charge is -2.34. The molecular weight excluding hydrogens is 264 g/mol. The molecule has 2 rings (SSSR count). The molecule has 1 aliphatic rings. The number of hydrogen-bond donors (Lipinski definition) is 1. The Hall–Kier alpha value is -1.39. The average Bonchev–Trinajstić information content (AvgIpc) is 2.56. The smallest absolute Gasteiger partial charge is 0.306 e. The highest BCUT2D eigenvalue weighted by Gasteiger charge is 2.21. The lowest BCUT2D eigenvalue weighted by molar-refractivity contribution is -0.141. The second kappa shape index (κ2) is 8.80. The molecule has 1 heterocycles. The van der Waals surface area contributed by atoms with E-state index < -0.39 is 0 Å². The lowest BCUT2D eigenvalue weighted by atomic mass is 10.0. The first-order chi connectivity index (χ1) is 10.3. The van der Waals surface area contributed by atoms with Gasteiger partial charge in [0.05, 0.1) is 13.5 Å². The summed E-state index contributed by atoms with van der Waals surface area (Å²) in [6.07, 6.45) is 3.84. The van der Waals surface area contributed by atoms with E-state index in [0.717, 1.165) is 45.4 Å². The highest BCUT2D eigenvalue weighted by atomic mass is 16.5. The van der Waals surface area contributed by atoms with Gasteiger partial charge in [0.2, 0.25) is 0 Å². The number of carbonyl (C=O) groups is 1. The predicted molar refractivity (Wildman–Crippen MR) is 84.2 cm³/mol. The Morgan fingerprint density at radius 2 is 1.95 bits per heavy atom. The Balaban J connectivity index is 1.88. The standard InChI is InChI=1S/C17H26N2O2/c1-21-17(20)10-14-19(16-7-11-18-12-8-16)13-9-15-5-3-2-4-6-15/h2-6,16,18H,7-14H2,1H3. The van der Waals surface area contributed by atoms with Crippen LogP contribution in [0.4, 0.5) is 0 Å². The van der Waals surface area contributed by atoms with Crippen LogP contribution in [-0.4, -0.2) is 50.2 Å². The summed E-state index contributed by atoms with van der Waals surface area (Å²) in [4.78, 5) is 13.9. The van der Waals surface area contributed by atoms with Crippen molar-refractivity contribution in [2.45, 2.75) is 31.7 Å². The topological polar surface area (TPSA) is 41.6 Å². The third kappa shape index (κ3) is 5.48. The van der Waals surface area contributed by atoms with Crippen LogP contribution in [0.5, 0.6) is 0 Å². The average molecular weight is 290 g/mol. The summed E-state index contributed by atoms with van der Waals surface area (Å²) < 4.78 is 4.77. The molecule has 21 heavy (non-hydrogen) atoms. The van der Waals surface area contributed by atoms with Crippen molar-refractivity contribution < 1.29 is 9.53 Å². The zero-order valence-electron chi connectivity index (χ0n) is 12.9. The van der Waals surface area contributed by atoms with Crippen molar-refractivity contribution >= 4 is 5.97 Å². The molecule has 0 spiro atoms.